The van der Waals surface area contributed by atoms with Crippen molar-refractivity contribution < 1.29 is 4.43 Å². The Morgan fingerprint density at radius 3 is 2.27 bits per heavy atom. The zero-order valence-corrected chi connectivity index (χ0v) is 9.03. The first-order valence-corrected chi connectivity index (χ1v) is 7.57. The van der Waals surface area contributed by atoms with Gasteiger partial charge in [-0.05, 0) is 26.1 Å². The maximum Gasteiger partial charge on any atom is 0.185 e. The molecule has 0 saturated carbocycles. The zero-order chi connectivity index (χ0) is 8.74. The van der Waals surface area contributed by atoms with Crippen LogP contribution < -0.4 is 0 Å². The van der Waals surface area contributed by atoms with Gasteiger partial charge in [-0.25, -0.2) is 0 Å². The summed E-state index contributed by atoms with van der Waals surface area (Å²) in [5.41, 5.74) is 0. The van der Waals surface area contributed by atoms with Crippen LogP contribution in [0.15, 0.2) is 0 Å². The van der Waals surface area contributed by atoms with Gasteiger partial charge >= 0.3 is 0 Å². The van der Waals surface area contributed by atoms with Crippen LogP contribution in [0.4, 0.5) is 0 Å². The fourth-order valence-corrected chi connectivity index (χ4v) is 1.02. The van der Waals surface area contributed by atoms with E-state index >= 15 is 0 Å². The van der Waals surface area contributed by atoms with Crippen molar-refractivity contribution in [3.8, 4) is 11.8 Å². The number of unbranched alkanes of at least 4 members (excludes halogenated alkanes) is 1. The van der Waals surface area contributed by atoms with Crippen LogP contribution in [0.5, 0.6) is 0 Å². The molecule has 64 valence electrons. The van der Waals surface area contributed by atoms with Gasteiger partial charge in [0.2, 0.25) is 0 Å². The molecule has 2 heteroatoms. The van der Waals surface area contributed by atoms with Gasteiger partial charge in [-0.1, -0.05) is 12.8 Å². The minimum atomic E-state index is -1.32. The Balaban J connectivity index is 3.36. The number of rotatable bonds is 3. The van der Waals surface area contributed by atoms with Crippen molar-refractivity contribution in [3.63, 3.8) is 0 Å². The van der Waals surface area contributed by atoms with Crippen LogP contribution in [-0.2, 0) is 4.43 Å². The smallest absolute Gasteiger partial charge is 0.185 e. The summed E-state index contributed by atoms with van der Waals surface area (Å²) in [6.07, 6.45) is 2.13. The molecule has 0 radical (unpaired) electrons. The van der Waals surface area contributed by atoms with E-state index in [9.17, 15) is 0 Å². The van der Waals surface area contributed by atoms with Gasteiger partial charge in [-0.2, -0.15) is 0 Å². The van der Waals surface area contributed by atoms with E-state index in [1.54, 1.807) is 0 Å². The largest absolute Gasteiger partial charge is 0.407 e. The molecule has 0 spiro atoms. The van der Waals surface area contributed by atoms with E-state index in [1.165, 1.54) is 0 Å². The predicted molar refractivity (Wildman–Crippen MR) is 52.0 cm³/mol. The van der Waals surface area contributed by atoms with E-state index < -0.39 is 8.32 Å². The number of hydrogen-bond donors (Lipinski definition) is 0. The molecule has 0 aromatic heterocycles. The third-order valence-corrected chi connectivity index (χ3v) is 2.09. The van der Waals surface area contributed by atoms with Crippen molar-refractivity contribution in [1.82, 2.24) is 0 Å². The quantitative estimate of drug-likeness (QED) is 0.467. The van der Waals surface area contributed by atoms with Crippen molar-refractivity contribution in [2.45, 2.75) is 39.4 Å². The molecule has 0 amide bonds. The molecular weight excluding hydrogens is 152 g/mol. The van der Waals surface area contributed by atoms with Crippen LogP contribution in [0.2, 0.25) is 19.6 Å². The third kappa shape index (κ3) is 9.74. The fourth-order valence-electron chi connectivity index (χ4n) is 0.517. The van der Waals surface area contributed by atoms with Crippen molar-refractivity contribution in [1.29, 1.82) is 0 Å². The molecule has 0 atom stereocenters. The molecule has 0 saturated heterocycles. The molecule has 0 unspecified atom stereocenters. The first kappa shape index (κ1) is 10.7. The molecule has 0 aliphatic carbocycles. The van der Waals surface area contributed by atoms with Gasteiger partial charge in [0.1, 0.15) is 0 Å². The molecule has 11 heavy (non-hydrogen) atoms. The highest BCUT2D eigenvalue weighted by Crippen LogP contribution is 2.00. The topological polar surface area (TPSA) is 9.23 Å². The van der Waals surface area contributed by atoms with Crippen LogP contribution in [0.3, 0.4) is 0 Å². The summed E-state index contributed by atoms with van der Waals surface area (Å²) in [7, 11) is -1.32. The van der Waals surface area contributed by atoms with Crippen LogP contribution in [0.25, 0.3) is 0 Å². The van der Waals surface area contributed by atoms with E-state index in [4.69, 9.17) is 4.43 Å². The van der Waals surface area contributed by atoms with Crippen LogP contribution in [0.1, 0.15) is 19.8 Å². The Bertz CT molecular complexity index is 147. The predicted octanol–water partition coefficient (Wildman–Crippen LogP) is 2.64. The van der Waals surface area contributed by atoms with Crippen LogP contribution in [-0.4, -0.2) is 14.9 Å². The second-order valence-corrected chi connectivity index (χ2v) is 8.02. The van der Waals surface area contributed by atoms with Crippen LogP contribution in [0, 0.1) is 11.8 Å². The van der Waals surface area contributed by atoms with E-state index in [0.29, 0.717) is 6.61 Å². The molecule has 1 nitrogen and oxygen atoms in total. The summed E-state index contributed by atoms with van der Waals surface area (Å²) in [6.45, 7) is 9.28. The molecule has 0 fully saturated rings. The van der Waals surface area contributed by atoms with Gasteiger partial charge in [0.15, 0.2) is 8.32 Å². The highest BCUT2D eigenvalue weighted by Gasteiger charge is 2.12. The Morgan fingerprint density at radius 2 is 1.82 bits per heavy atom. The standard InChI is InChI=1S/C9H18OSi/c1-5-6-7-8-9-10-11(2,3)4/h5-6,9H2,1-4H3. The van der Waals surface area contributed by atoms with Gasteiger partial charge in [-0.15, -0.1) is 5.92 Å². The first-order chi connectivity index (χ1) is 5.06. The normalized spacial score (nSPS) is 10.5. The average Bonchev–Trinajstić information content (AvgIpc) is 1.85. The SMILES string of the molecule is CCCC#CCO[Si](C)(C)C. The highest BCUT2D eigenvalue weighted by atomic mass is 28.4. The first-order valence-electron chi connectivity index (χ1n) is 4.16. The van der Waals surface area contributed by atoms with Crippen molar-refractivity contribution in [3.05, 3.63) is 0 Å². The Kier molecular flexibility index (Phi) is 5.27. The number of hydrogen-bond acceptors (Lipinski definition) is 1. The molecule has 0 aliphatic heterocycles. The molecule has 0 aromatic rings. The average molecular weight is 170 g/mol. The van der Waals surface area contributed by atoms with Crippen molar-refractivity contribution in [2.75, 3.05) is 6.61 Å². The summed E-state index contributed by atoms with van der Waals surface area (Å²) >= 11 is 0. The van der Waals surface area contributed by atoms with Gasteiger partial charge < -0.3 is 4.43 Å². The second-order valence-electron chi connectivity index (χ2n) is 3.50. The van der Waals surface area contributed by atoms with Gasteiger partial charge in [0.05, 0.1) is 6.61 Å². The molecule has 0 heterocycles. The van der Waals surface area contributed by atoms with E-state index in [0.717, 1.165) is 12.8 Å². The summed E-state index contributed by atoms with van der Waals surface area (Å²) in [6, 6.07) is 0. The van der Waals surface area contributed by atoms with E-state index in [-0.39, 0.29) is 0 Å². The van der Waals surface area contributed by atoms with Gasteiger partial charge in [-0.3, -0.25) is 0 Å². The van der Waals surface area contributed by atoms with Crippen LogP contribution >= 0.6 is 0 Å². The van der Waals surface area contributed by atoms with Gasteiger partial charge in [0.25, 0.3) is 0 Å². The maximum absolute atomic E-state index is 5.54. The summed E-state index contributed by atoms with van der Waals surface area (Å²) in [5.74, 6) is 6.06. The summed E-state index contributed by atoms with van der Waals surface area (Å²) < 4.78 is 5.54. The Morgan fingerprint density at radius 1 is 1.18 bits per heavy atom. The molecular formula is C9H18OSi. The second kappa shape index (κ2) is 5.40. The minimum Gasteiger partial charge on any atom is -0.407 e. The van der Waals surface area contributed by atoms with E-state index in [2.05, 4.69) is 38.4 Å². The zero-order valence-electron chi connectivity index (χ0n) is 8.03. The molecule has 0 aliphatic rings. The lowest BCUT2D eigenvalue weighted by molar-refractivity contribution is 0.365. The molecule has 0 aromatic carbocycles. The Hall–Kier alpha value is -0.263. The van der Waals surface area contributed by atoms with Crippen molar-refractivity contribution in [2.24, 2.45) is 0 Å². The fraction of sp³-hybridized carbons (Fsp3) is 0.778. The third-order valence-electron chi connectivity index (χ3n) is 1.08. The Labute approximate surface area is 71.3 Å². The van der Waals surface area contributed by atoms with Gasteiger partial charge in [0, 0.05) is 6.42 Å². The lowest BCUT2D eigenvalue weighted by atomic mass is 10.3. The monoisotopic (exact) mass is 170 g/mol. The van der Waals surface area contributed by atoms with Crippen molar-refractivity contribution >= 4 is 8.32 Å². The lowest BCUT2D eigenvalue weighted by Crippen LogP contribution is -2.25. The molecule has 0 bridgehead atoms. The highest BCUT2D eigenvalue weighted by molar-refractivity contribution is 6.69. The maximum atomic E-state index is 5.54. The summed E-state index contributed by atoms with van der Waals surface area (Å²) in [4.78, 5) is 0. The molecule has 0 rings (SSSR count). The minimum absolute atomic E-state index is 0.621. The molecule has 0 N–H and O–H groups in total. The summed E-state index contributed by atoms with van der Waals surface area (Å²) in [5, 5.41) is 0. The van der Waals surface area contributed by atoms with E-state index in [1.807, 2.05) is 0 Å². The lowest BCUT2D eigenvalue weighted by Gasteiger charge is -2.13.